The van der Waals surface area contributed by atoms with E-state index in [1.807, 2.05) is 0 Å². The summed E-state index contributed by atoms with van der Waals surface area (Å²) in [6, 6.07) is 0. The molecule has 4 heteroatoms. The normalized spacial score (nSPS) is 12.9. The Kier molecular flexibility index (Phi) is 3.30. The molecular weight excluding hydrogens is 133 g/mol. The lowest BCUT2D eigenvalue weighted by Crippen LogP contribution is -2.12. The van der Waals surface area contributed by atoms with Gasteiger partial charge in [-0.2, -0.15) is 0 Å². The van der Waals surface area contributed by atoms with E-state index in [4.69, 9.17) is 0 Å². The van der Waals surface area contributed by atoms with E-state index < -0.39 is 13.0 Å². The molecular formula is C5H7F3O. The third kappa shape index (κ3) is 7.49. The van der Waals surface area contributed by atoms with E-state index in [9.17, 15) is 13.2 Å². The van der Waals surface area contributed by atoms with Crippen LogP contribution < -0.4 is 0 Å². The quantitative estimate of drug-likeness (QED) is 0.533. The summed E-state index contributed by atoms with van der Waals surface area (Å²) in [5, 5.41) is 0. The van der Waals surface area contributed by atoms with Crippen LogP contribution in [0.4, 0.5) is 13.2 Å². The minimum absolute atomic E-state index is 0.403. The standard InChI is InChI=1S/C5H7F3O/c1-2-3-4-9-5(6,7)8/h2-3H,4H2,1H3/b3-2-. The molecule has 0 aromatic heterocycles. The molecule has 0 radical (unpaired) electrons. The second kappa shape index (κ2) is 3.50. The van der Waals surface area contributed by atoms with Gasteiger partial charge in [0.25, 0.3) is 0 Å². The van der Waals surface area contributed by atoms with Gasteiger partial charge in [0.15, 0.2) is 0 Å². The Bertz CT molecular complexity index is 94.9. The van der Waals surface area contributed by atoms with Gasteiger partial charge in [0, 0.05) is 0 Å². The minimum atomic E-state index is -4.50. The summed E-state index contributed by atoms with van der Waals surface area (Å²) in [5.41, 5.74) is 0. The van der Waals surface area contributed by atoms with Crippen molar-refractivity contribution in [3.63, 3.8) is 0 Å². The summed E-state index contributed by atoms with van der Waals surface area (Å²) in [5.74, 6) is 0. The lowest BCUT2D eigenvalue weighted by atomic mass is 10.6. The molecule has 0 unspecified atom stereocenters. The zero-order valence-corrected chi connectivity index (χ0v) is 4.90. The first-order valence-corrected chi connectivity index (χ1v) is 2.38. The first-order valence-electron chi connectivity index (χ1n) is 2.38. The first kappa shape index (κ1) is 8.49. The Morgan fingerprint density at radius 2 is 2.00 bits per heavy atom. The maximum atomic E-state index is 11.1. The highest BCUT2D eigenvalue weighted by Gasteiger charge is 2.27. The summed E-state index contributed by atoms with van der Waals surface area (Å²) in [4.78, 5) is 0. The van der Waals surface area contributed by atoms with Crippen LogP contribution in [0.5, 0.6) is 0 Å². The molecule has 0 aromatic rings. The Morgan fingerprint density at radius 1 is 1.44 bits per heavy atom. The topological polar surface area (TPSA) is 9.23 Å². The van der Waals surface area contributed by atoms with Crippen molar-refractivity contribution in [1.29, 1.82) is 0 Å². The summed E-state index contributed by atoms with van der Waals surface area (Å²) in [6.07, 6.45) is -1.72. The van der Waals surface area contributed by atoms with Gasteiger partial charge in [0.2, 0.25) is 0 Å². The van der Waals surface area contributed by atoms with Crippen molar-refractivity contribution in [3.05, 3.63) is 12.2 Å². The van der Waals surface area contributed by atoms with Crippen molar-refractivity contribution in [3.8, 4) is 0 Å². The van der Waals surface area contributed by atoms with Crippen LogP contribution in [-0.2, 0) is 4.74 Å². The fourth-order valence-electron chi connectivity index (χ4n) is 0.239. The first-order chi connectivity index (χ1) is 4.06. The van der Waals surface area contributed by atoms with Crippen molar-refractivity contribution >= 4 is 0 Å². The maximum absolute atomic E-state index is 11.1. The van der Waals surface area contributed by atoms with E-state index in [1.165, 1.54) is 12.2 Å². The molecule has 0 aliphatic heterocycles. The van der Waals surface area contributed by atoms with Gasteiger partial charge in [0.1, 0.15) is 0 Å². The zero-order chi connectivity index (χ0) is 7.33. The highest BCUT2D eigenvalue weighted by molar-refractivity contribution is 4.75. The molecule has 0 aliphatic carbocycles. The zero-order valence-electron chi connectivity index (χ0n) is 4.90. The van der Waals surface area contributed by atoms with Crippen molar-refractivity contribution in [2.45, 2.75) is 13.3 Å². The maximum Gasteiger partial charge on any atom is 0.522 e. The van der Waals surface area contributed by atoms with Crippen LogP contribution in [0.25, 0.3) is 0 Å². The number of rotatable bonds is 2. The van der Waals surface area contributed by atoms with E-state index in [-0.39, 0.29) is 0 Å². The number of allylic oxidation sites excluding steroid dienone is 1. The molecule has 0 rings (SSSR count). The van der Waals surface area contributed by atoms with Crippen molar-refractivity contribution in [2.75, 3.05) is 6.61 Å². The van der Waals surface area contributed by atoms with Crippen LogP contribution in [0.3, 0.4) is 0 Å². The van der Waals surface area contributed by atoms with Gasteiger partial charge >= 0.3 is 6.36 Å². The predicted octanol–water partition coefficient (Wildman–Crippen LogP) is 2.10. The van der Waals surface area contributed by atoms with Gasteiger partial charge in [-0.05, 0) is 6.92 Å². The molecule has 54 valence electrons. The summed E-state index contributed by atoms with van der Waals surface area (Å²) in [6.45, 7) is 1.22. The summed E-state index contributed by atoms with van der Waals surface area (Å²) in [7, 11) is 0. The van der Waals surface area contributed by atoms with E-state index in [0.717, 1.165) is 0 Å². The largest absolute Gasteiger partial charge is 0.522 e. The molecule has 0 heterocycles. The van der Waals surface area contributed by atoms with Crippen molar-refractivity contribution in [1.82, 2.24) is 0 Å². The fourth-order valence-corrected chi connectivity index (χ4v) is 0.239. The highest BCUT2D eigenvalue weighted by atomic mass is 19.4. The number of halogens is 3. The Balaban J connectivity index is 3.28. The Morgan fingerprint density at radius 3 is 2.33 bits per heavy atom. The van der Waals surface area contributed by atoms with Gasteiger partial charge in [-0.25, -0.2) is 0 Å². The number of hydrogen-bond acceptors (Lipinski definition) is 1. The van der Waals surface area contributed by atoms with Crippen molar-refractivity contribution in [2.24, 2.45) is 0 Å². The van der Waals surface area contributed by atoms with Gasteiger partial charge < -0.3 is 0 Å². The van der Waals surface area contributed by atoms with E-state index >= 15 is 0 Å². The number of hydrogen-bond donors (Lipinski definition) is 0. The average Bonchev–Trinajstić information content (AvgIpc) is 1.63. The Labute approximate surface area is 51.1 Å². The molecule has 1 nitrogen and oxygen atoms in total. The Hall–Kier alpha value is -0.510. The molecule has 0 aliphatic rings. The van der Waals surface area contributed by atoms with Gasteiger partial charge in [-0.1, -0.05) is 12.2 Å². The molecule has 0 fully saturated rings. The second-order valence-corrected chi connectivity index (χ2v) is 1.33. The van der Waals surface area contributed by atoms with Crippen molar-refractivity contribution < 1.29 is 17.9 Å². The van der Waals surface area contributed by atoms with Gasteiger partial charge in [-0.3, -0.25) is 4.74 Å². The fraction of sp³-hybridized carbons (Fsp3) is 0.600. The third-order valence-corrected chi connectivity index (χ3v) is 0.579. The summed E-state index contributed by atoms with van der Waals surface area (Å²) < 4.78 is 36.8. The van der Waals surface area contributed by atoms with Crippen LogP contribution in [0.1, 0.15) is 6.92 Å². The number of ether oxygens (including phenoxy) is 1. The lowest BCUT2D eigenvalue weighted by Gasteiger charge is -2.02. The van der Waals surface area contributed by atoms with Crippen LogP contribution in [0.2, 0.25) is 0 Å². The second-order valence-electron chi connectivity index (χ2n) is 1.33. The van der Waals surface area contributed by atoms with Crippen LogP contribution in [0.15, 0.2) is 12.2 Å². The molecule has 0 aromatic carbocycles. The monoisotopic (exact) mass is 140 g/mol. The van der Waals surface area contributed by atoms with E-state index in [0.29, 0.717) is 0 Å². The smallest absolute Gasteiger partial charge is 0.288 e. The van der Waals surface area contributed by atoms with Gasteiger partial charge in [-0.15, -0.1) is 13.2 Å². The minimum Gasteiger partial charge on any atom is -0.288 e. The van der Waals surface area contributed by atoms with Crippen LogP contribution in [0, 0.1) is 0 Å². The third-order valence-electron chi connectivity index (χ3n) is 0.579. The SMILES string of the molecule is C/C=C\COC(F)(F)F. The lowest BCUT2D eigenvalue weighted by molar-refractivity contribution is -0.319. The van der Waals surface area contributed by atoms with Crippen LogP contribution >= 0.6 is 0 Å². The molecule has 0 bridgehead atoms. The molecule has 0 saturated carbocycles. The predicted molar refractivity (Wildman–Crippen MR) is 26.8 cm³/mol. The average molecular weight is 140 g/mol. The molecule has 0 N–H and O–H groups in total. The highest BCUT2D eigenvalue weighted by Crippen LogP contribution is 2.15. The molecule has 0 saturated heterocycles. The molecule has 0 spiro atoms. The van der Waals surface area contributed by atoms with Crippen LogP contribution in [-0.4, -0.2) is 13.0 Å². The molecule has 0 atom stereocenters. The number of alkyl halides is 3. The van der Waals surface area contributed by atoms with Gasteiger partial charge in [0.05, 0.1) is 6.61 Å². The summed E-state index contributed by atoms with van der Waals surface area (Å²) >= 11 is 0. The molecule has 0 amide bonds. The van der Waals surface area contributed by atoms with E-state index in [2.05, 4.69) is 4.74 Å². The van der Waals surface area contributed by atoms with E-state index in [1.54, 1.807) is 6.92 Å². The molecule has 9 heavy (non-hydrogen) atoms.